The average molecular weight is 661 g/mol. The van der Waals surface area contributed by atoms with Gasteiger partial charge in [0, 0.05) is 17.1 Å². The van der Waals surface area contributed by atoms with Gasteiger partial charge in [0.2, 0.25) is 16.3 Å². The highest BCUT2D eigenvalue weighted by Crippen LogP contribution is 2.47. The molecule has 1 amide bonds. The van der Waals surface area contributed by atoms with Crippen molar-refractivity contribution in [2.24, 2.45) is 5.92 Å². The molecule has 1 N–H and O–H groups in total. The quantitative estimate of drug-likeness (QED) is 0.0925. The van der Waals surface area contributed by atoms with Crippen LogP contribution >= 0.6 is 11.8 Å². The number of carboxylic acid groups (broad SMARTS) is 1. The number of unbranched alkanes of at least 4 members (excludes halogenated alkanes) is 4. The van der Waals surface area contributed by atoms with E-state index < -0.39 is 40.3 Å². The summed E-state index contributed by atoms with van der Waals surface area (Å²) in [5.41, 5.74) is -0.114. The Balaban J connectivity index is 0.000000345. The van der Waals surface area contributed by atoms with Crippen molar-refractivity contribution >= 4 is 34.0 Å². The van der Waals surface area contributed by atoms with Crippen molar-refractivity contribution in [2.75, 3.05) is 31.9 Å². The Morgan fingerprint density at radius 1 is 1.07 bits per heavy atom. The maximum absolute atomic E-state index is 12.3. The minimum Gasteiger partial charge on any atom is -0.726 e. The number of carboxylic acids is 1. The first kappa shape index (κ1) is 38.1. The van der Waals surface area contributed by atoms with Crippen molar-refractivity contribution in [3.63, 3.8) is 0 Å². The average Bonchev–Trinajstić information content (AvgIpc) is 3.52. The Hall–Kier alpha value is -2.07. The van der Waals surface area contributed by atoms with E-state index in [4.69, 9.17) is 0 Å². The lowest BCUT2D eigenvalue weighted by atomic mass is 9.83. The summed E-state index contributed by atoms with van der Waals surface area (Å²) in [4.78, 5) is 25.6. The van der Waals surface area contributed by atoms with Crippen LogP contribution in [-0.4, -0.2) is 104 Å². The Labute approximate surface area is 267 Å². The van der Waals surface area contributed by atoms with Gasteiger partial charge >= 0.3 is 5.97 Å². The number of hydrogen-bond acceptors (Lipinski definition) is 10. The predicted molar refractivity (Wildman–Crippen MR) is 168 cm³/mol. The van der Waals surface area contributed by atoms with Gasteiger partial charge in [-0.15, -0.1) is 16.9 Å². The molecule has 252 valence electrons. The first-order chi connectivity index (χ1) is 20.8. The van der Waals surface area contributed by atoms with E-state index in [1.54, 1.807) is 11.6 Å². The molecule has 1 saturated heterocycles. The second-order valence-electron chi connectivity index (χ2n) is 11.7. The number of aliphatic carboxylic acids is 1. The summed E-state index contributed by atoms with van der Waals surface area (Å²) in [6.07, 6.45) is 10.2. The molecule has 3 rings (SSSR count). The molecule has 13 nitrogen and oxygen atoms in total. The van der Waals surface area contributed by atoms with Gasteiger partial charge in [-0.25, -0.2) is 17.9 Å². The van der Waals surface area contributed by atoms with Crippen LogP contribution in [0, 0.1) is 12.8 Å². The van der Waals surface area contributed by atoms with Crippen LogP contribution in [0.5, 0.6) is 0 Å². The molecule has 44 heavy (non-hydrogen) atoms. The van der Waals surface area contributed by atoms with Crippen molar-refractivity contribution in [1.29, 1.82) is 0 Å². The Kier molecular flexibility index (Phi) is 15.7. The van der Waals surface area contributed by atoms with Crippen molar-refractivity contribution in [3.8, 4) is 0 Å². The molecule has 3 atom stereocenters. The van der Waals surface area contributed by atoms with Crippen LogP contribution in [-0.2, 0) is 30.7 Å². The third kappa shape index (κ3) is 10.8. The number of nitrogens with zero attached hydrogens (tertiary/aromatic N) is 6. The zero-order chi connectivity index (χ0) is 32.9. The lowest BCUT2D eigenvalue weighted by Crippen LogP contribution is -2.62. The third-order valence-electron chi connectivity index (χ3n) is 8.38. The van der Waals surface area contributed by atoms with E-state index in [1.165, 1.54) is 101 Å². The van der Waals surface area contributed by atoms with Crippen molar-refractivity contribution < 1.29 is 36.3 Å². The normalized spacial score (nSPS) is 19.0. The van der Waals surface area contributed by atoms with Crippen LogP contribution in [0.1, 0.15) is 98.2 Å². The van der Waals surface area contributed by atoms with E-state index in [0.29, 0.717) is 23.0 Å². The number of rotatable bonds is 20. The molecule has 0 spiro atoms. The van der Waals surface area contributed by atoms with Crippen molar-refractivity contribution in [1.82, 2.24) is 25.1 Å². The summed E-state index contributed by atoms with van der Waals surface area (Å²) in [5.74, 6) is -1.59. The lowest BCUT2D eigenvalue weighted by molar-refractivity contribution is -0.929. The van der Waals surface area contributed by atoms with Gasteiger partial charge in [-0.3, -0.25) is 8.98 Å². The van der Waals surface area contributed by atoms with Gasteiger partial charge in [0.05, 0.1) is 50.8 Å². The summed E-state index contributed by atoms with van der Waals surface area (Å²) in [6, 6.07) is -0.544. The number of carbonyl (C=O) groups is 2. The molecular weight excluding hydrogens is 608 g/mol. The van der Waals surface area contributed by atoms with E-state index in [9.17, 15) is 27.7 Å². The Morgan fingerprint density at radius 3 is 2.00 bits per heavy atom. The highest BCUT2D eigenvalue weighted by Gasteiger charge is 2.57. The standard InChI is InChI=1S/C16H36N.C13H17N5O7S2/c1-5-9-13-17(14-10-6-2,15-11-7-3)16-12-8-4;1-6(25-27(22,23)24)10-8-5-9(11(13(20)21)18(8)12(10)19)26-4-3-17-7(2)14-15-16-17/h5-16H2,1-4H3;6,8,10H,3-5H2,1-2H3,(H,20,21)(H,22,23,24)/q+1;/p-1/t;6-,8+,10-/m.0/s1. The van der Waals surface area contributed by atoms with E-state index in [1.807, 2.05) is 0 Å². The fraction of sp³-hybridized carbons (Fsp3) is 0.828. The summed E-state index contributed by atoms with van der Waals surface area (Å²) >= 11 is 1.27. The number of aromatic nitrogens is 4. The molecule has 0 radical (unpaired) electrons. The number of tetrazole rings is 1. The summed E-state index contributed by atoms with van der Waals surface area (Å²) in [6.45, 7) is 18.5. The fourth-order valence-electron chi connectivity index (χ4n) is 5.95. The number of thioether (sulfide) groups is 1. The molecule has 1 fully saturated rings. The van der Waals surface area contributed by atoms with Crippen molar-refractivity contribution in [3.05, 3.63) is 16.4 Å². The zero-order valence-electron chi connectivity index (χ0n) is 27.2. The van der Waals surface area contributed by atoms with Gasteiger partial charge in [-0.1, -0.05) is 53.4 Å². The third-order valence-corrected chi connectivity index (χ3v) is 10.0. The lowest BCUT2D eigenvalue weighted by Gasteiger charge is -2.45. The maximum Gasteiger partial charge on any atom is 0.353 e. The number of amides is 1. The second kappa shape index (κ2) is 18.2. The minimum absolute atomic E-state index is 0.114. The highest BCUT2D eigenvalue weighted by molar-refractivity contribution is 8.03. The van der Waals surface area contributed by atoms with Gasteiger partial charge in [0.25, 0.3) is 0 Å². The molecule has 1 aromatic rings. The van der Waals surface area contributed by atoms with Crippen LogP contribution in [0.3, 0.4) is 0 Å². The molecule has 0 saturated carbocycles. The second-order valence-corrected chi connectivity index (χ2v) is 13.9. The molecule has 0 aromatic carbocycles. The minimum atomic E-state index is -4.96. The van der Waals surface area contributed by atoms with Gasteiger partial charge in [-0.2, -0.15) is 0 Å². The zero-order valence-corrected chi connectivity index (χ0v) is 28.9. The number of fused-ring (bicyclic) bond motifs is 1. The molecule has 0 unspecified atom stereocenters. The van der Waals surface area contributed by atoms with Crippen LogP contribution in [0.4, 0.5) is 0 Å². The van der Waals surface area contributed by atoms with Gasteiger partial charge in [0.1, 0.15) is 11.5 Å². The fourth-order valence-corrected chi connectivity index (χ4v) is 7.56. The van der Waals surface area contributed by atoms with Crippen LogP contribution in [0.2, 0.25) is 0 Å². The Bertz CT molecular complexity index is 1170. The monoisotopic (exact) mass is 660 g/mol. The number of β-lactam (4-membered cyclic amide) rings is 1. The molecule has 2 aliphatic heterocycles. The van der Waals surface area contributed by atoms with Crippen molar-refractivity contribution in [2.45, 2.75) is 118 Å². The molecular formula is C29H52N6O7S2. The summed E-state index contributed by atoms with van der Waals surface area (Å²) < 4.78 is 39.7. The SMILES string of the molecule is CCCC[N+](CCCC)(CCCC)CCCC.Cc1nnnn1CCSC1=C(C(=O)O)N2C(=O)[C@@H]([C@H](C)OS(=O)(=O)[O-])[C@H]2C1. The molecule has 2 aliphatic rings. The van der Waals surface area contributed by atoms with Crippen LogP contribution in [0.15, 0.2) is 10.6 Å². The first-order valence-corrected chi connectivity index (χ1v) is 18.3. The topological polar surface area (TPSA) is 168 Å². The molecule has 0 bridgehead atoms. The predicted octanol–water partition coefficient (Wildman–Crippen LogP) is 4.11. The van der Waals surface area contributed by atoms with E-state index in [-0.39, 0.29) is 12.1 Å². The van der Waals surface area contributed by atoms with Gasteiger partial charge in [-0.05, 0) is 50.0 Å². The van der Waals surface area contributed by atoms with Gasteiger partial charge < -0.3 is 19.0 Å². The van der Waals surface area contributed by atoms with Crippen LogP contribution < -0.4 is 0 Å². The number of carbonyl (C=O) groups excluding carboxylic acids is 1. The van der Waals surface area contributed by atoms with E-state index in [0.717, 1.165) is 4.90 Å². The summed E-state index contributed by atoms with van der Waals surface area (Å²) in [5, 5.41) is 20.6. The molecule has 3 heterocycles. The molecule has 15 heteroatoms. The number of aryl methyl sites for hydroxylation is 2. The first-order valence-electron chi connectivity index (χ1n) is 16.0. The molecule has 0 aliphatic carbocycles. The van der Waals surface area contributed by atoms with E-state index in [2.05, 4.69) is 47.4 Å². The van der Waals surface area contributed by atoms with Crippen LogP contribution in [0.25, 0.3) is 0 Å². The summed E-state index contributed by atoms with van der Waals surface area (Å²) in [7, 11) is -4.96. The highest BCUT2D eigenvalue weighted by atomic mass is 32.3. The smallest absolute Gasteiger partial charge is 0.353 e. The Morgan fingerprint density at radius 2 is 1.59 bits per heavy atom. The molecule has 1 aromatic heterocycles. The van der Waals surface area contributed by atoms with Gasteiger partial charge in [0.15, 0.2) is 0 Å². The number of quaternary nitrogens is 1. The largest absolute Gasteiger partial charge is 0.726 e. The maximum atomic E-state index is 12.3. The van der Waals surface area contributed by atoms with E-state index >= 15 is 0 Å². The number of hydrogen-bond donors (Lipinski definition) is 1.